The molecule has 0 aliphatic rings. The summed E-state index contributed by atoms with van der Waals surface area (Å²) in [6, 6.07) is 0. The van der Waals surface area contributed by atoms with Crippen LogP contribution in [0.3, 0.4) is 0 Å². The van der Waals surface area contributed by atoms with Crippen molar-refractivity contribution in [2.45, 2.75) is 57.6 Å². The van der Waals surface area contributed by atoms with E-state index in [-0.39, 0.29) is 57.1 Å². The molecule has 136 valence electrons. The smallest absolute Gasteiger partial charge is 0.332 e. The monoisotopic (exact) mass is 315 g/mol. The third-order valence-corrected chi connectivity index (χ3v) is 1.55. The van der Waals surface area contributed by atoms with Gasteiger partial charge in [-0.25, -0.2) is 4.79 Å². The third-order valence-electron chi connectivity index (χ3n) is 1.55. The van der Waals surface area contributed by atoms with Gasteiger partial charge in [-0.3, -0.25) is 4.79 Å². The maximum atomic E-state index is 11.3. The second kappa shape index (κ2) is 27.2. The molecule has 0 aromatic rings. The summed E-state index contributed by atoms with van der Waals surface area (Å²) in [6.07, 6.45) is -0.815. The molecule has 0 radical (unpaired) electrons. The molecule has 0 aliphatic heterocycles. The average molecular weight is 315 g/mol. The average Bonchev–Trinajstić information content (AvgIpc) is 2.18. The molecular weight excluding hydrogens is 274 g/mol. The Bertz CT molecular complexity index is 210. The van der Waals surface area contributed by atoms with Crippen molar-refractivity contribution in [1.29, 1.82) is 0 Å². The highest BCUT2D eigenvalue weighted by Gasteiger charge is 2.16. The zero-order valence-corrected chi connectivity index (χ0v) is 9.24. The molecule has 0 aliphatic carbocycles. The molecular formula is C15H41NO5. The van der Waals surface area contributed by atoms with Gasteiger partial charge in [0.1, 0.15) is 6.61 Å². The first-order valence-corrected chi connectivity index (χ1v) is 4.57. The molecule has 6 heteroatoms. The predicted molar refractivity (Wildman–Crippen MR) is 92.7 cm³/mol. The van der Waals surface area contributed by atoms with Crippen molar-refractivity contribution in [2.24, 2.45) is 0 Å². The van der Waals surface area contributed by atoms with Crippen LogP contribution in [-0.4, -0.2) is 52.0 Å². The summed E-state index contributed by atoms with van der Waals surface area (Å²) in [5.74, 6) is -0.914. The van der Waals surface area contributed by atoms with E-state index in [1.807, 2.05) is 0 Å². The molecule has 21 heavy (non-hydrogen) atoms. The topological polar surface area (TPSA) is 73.9 Å². The first kappa shape index (κ1) is 42.7. The molecule has 0 fully saturated rings. The predicted octanol–water partition coefficient (Wildman–Crippen LogP) is 3.14. The zero-order chi connectivity index (χ0) is 11.7. The molecule has 0 bridgehead atoms. The number of carbonyl (C=O) groups excluding carboxylic acids is 2. The minimum Gasteiger partial charge on any atom is -0.451 e. The van der Waals surface area contributed by atoms with E-state index in [0.29, 0.717) is 13.2 Å². The van der Waals surface area contributed by atoms with Crippen LogP contribution in [0.15, 0.2) is 0 Å². The number of amides is 1. The molecule has 1 atom stereocenters. The Labute approximate surface area is 133 Å². The van der Waals surface area contributed by atoms with Gasteiger partial charge in [-0.2, -0.15) is 0 Å². The second-order valence-corrected chi connectivity index (χ2v) is 2.85. The Morgan fingerprint density at radius 2 is 1.43 bits per heavy atom. The van der Waals surface area contributed by atoms with Gasteiger partial charge < -0.3 is 19.5 Å². The fraction of sp³-hybridized carbons (Fsp3) is 0.867. The molecule has 0 saturated heterocycles. The van der Waals surface area contributed by atoms with Gasteiger partial charge in [0.25, 0.3) is 5.91 Å². The van der Waals surface area contributed by atoms with Crippen molar-refractivity contribution < 1.29 is 23.8 Å². The van der Waals surface area contributed by atoms with E-state index < -0.39 is 12.1 Å². The van der Waals surface area contributed by atoms with E-state index in [9.17, 15) is 9.59 Å². The largest absolute Gasteiger partial charge is 0.451 e. The van der Waals surface area contributed by atoms with Gasteiger partial charge in [-0.15, -0.1) is 0 Å². The molecule has 1 amide bonds. The highest BCUT2D eigenvalue weighted by molar-refractivity contribution is 5.83. The molecule has 0 aromatic heterocycles. The minimum absolute atomic E-state index is 0. The molecule has 0 spiro atoms. The quantitative estimate of drug-likeness (QED) is 0.577. The van der Waals surface area contributed by atoms with Crippen molar-refractivity contribution >= 4 is 11.9 Å². The fourth-order valence-corrected chi connectivity index (χ4v) is 0.823. The lowest BCUT2D eigenvalue weighted by atomic mass is 10.4. The Morgan fingerprint density at radius 3 is 1.81 bits per heavy atom. The number of carbonyl (C=O) groups is 2. The number of rotatable bonds is 7. The Morgan fingerprint density at radius 1 is 0.952 bits per heavy atom. The van der Waals surface area contributed by atoms with Gasteiger partial charge in [-0.1, -0.05) is 44.6 Å². The van der Waals surface area contributed by atoms with E-state index >= 15 is 0 Å². The molecule has 1 unspecified atom stereocenters. The molecule has 0 rings (SSSR count). The SMILES string of the molecule is C.C.C.C.C.C.COCCNC(=O)C(C)OC(=O)COC. The maximum absolute atomic E-state index is 11.3. The van der Waals surface area contributed by atoms with Gasteiger partial charge in [0.05, 0.1) is 6.61 Å². The number of methoxy groups -OCH3 is 2. The third kappa shape index (κ3) is 24.3. The summed E-state index contributed by atoms with van der Waals surface area (Å²) in [5.41, 5.74) is 0. The number of esters is 1. The van der Waals surface area contributed by atoms with Crippen LogP contribution < -0.4 is 5.32 Å². The van der Waals surface area contributed by atoms with E-state index in [2.05, 4.69) is 10.1 Å². The van der Waals surface area contributed by atoms with Crippen LogP contribution in [0.5, 0.6) is 0 Å². The highest BCUT2D eigenvalue weighted by Crippen LogP contribution is 1.92. The summed E-state index contributed by atoms with van der Waals surface area (Å²) in [5, 5.41) is 2.55. The number of hydrogen-bond acceptors (Lipinski definition) is 5. The van der Waals surface area contributed by atoms with Crippen molar-refractivity contribution in [3.05, 3.63) is 0 Å². The molecule has 1 N–H and O–H groups in total. The van der Waals surface area contributed by atoms with E-state index in [1.54, 1.807) is 0 Å². The van der Waals surface area contributed by atoms with Crippen LogP contribution in [0.4, 0.5) is 0 Å². The van der Waals surface area contributed by atoms with Crippen molar-refractivity contribution in [3.63, 3.8) is 0 Å². The first-order chi connectivity index (χ1) is 7.11. The summed E-state index contributed by atoms with van der Waals surface area (Å²) in [6.45, 7) is 2.15. The van der Waals surface area contributed by atoms with Crippen LogP contribution in [0.1, 0.15) is 51.5 Å². The van der Waals surface area contributed by atoms with E-state index in [4.69, 9.17) is 9.47 Å². The highest BCUT2D eigenvalue weighted by atomic mass is 16.6. The number of ether oxygens (including phenoxy) is 3. The van der Waals surface area contributed by atoms with Crippen LogP contribution in [0, 0.1) is 0 Å². The van der Waals surface area contributed by atoms with Gasteiger partial charge in [0, 0.05) is 20.8 Å². The second-order valence-electron chi connectivity index (χ2n) is 2.85. The van der Waals surface area contributed by atoms with Crippen molar-refractivity contribution in [3.8, 4) is 0 Å². The maximum Gasteiger partial charge on any atom is 0.332 e. The lowest BCUT2D eigenvalue weighted by molar-refractivity contribution is -0.158. The first-order valence-electron chi connectivity index (χ1n) is 4.57. The lowest BCUT2D eigenvalue weighted by Crippen LogP contribution is -2.38. The van der Waals surface area contributed by atoms with Crippen LogP contribution in [-0.2, 0) is 23.8 Å². The van der Waals surface area contributed by atoms with Gasteiger partial charge in [-0.05, 0) is 6.92 Å². The minimum atomic E-state index is -0.815. The van der Waals surface area contributed by atoms with E-state index in [0.717, 1.165) is 0 Å². The Kier molecular flexibility index (Phi) is 55.4. The lowest BCUT2D eigenvalue weighted by Gasteiger charge is -2.12. The Balaban J connectivity index is -0.0000000653. The summed E-state index contributed by atoms with van der Waals surface area (Å²) in [4.78, 5) is 22.2. The molecule has 6 nitrogen and oxygen atoms in total. The molecule has 0 heterocycles. The van der Waals surface area contributed by atoms with Crippen molar-refractivity contribution in [1.82, 2.24) is 5.32 Å². The van der Waals surface area contributed by atoms with E-state index in [1.165, 1.54) is 21.1 Å². The number of hydrogen-bond donors (Lipinski definition) is 1. The zero-order valence-electron chi connectivity index (χ0n) is 9.24. The summed E-state index contributed by atoms with van der Waals surface area (Å²) in [7, 11) is 2.92. The Hall–Kier alpha value is -1.14. The molecule has 0 aromatic carbocycles. The van der Waals surface area contributed by atoms with Gasteiger partial charge in [0.2, 0.25) is 0 Å². The van der Waals surface area contributed by atoms with Crippen LogP contribution in [0.2, 0.25) is 0 Å². The normalized spacial score (nSPS) is 8.52. The van der Waals surface area contributed by atoms with Gasteiger partial charge >= 0.3 is 5.97 Å². The summed E-state index contributed by atoms with van der Waals surface area (Å²) >= 11 is 0. The van der Waals surface area contributed by atoms with Gasteiger partial charge in [0.15, 0.2) is 6.10 Å². The standard InChI is InChI=1S/C9H17NO5.6CH4/c1-7(15-8(11)6-14-3)9(12)10-4-5-13-2;;;;;;/h7H,4-6H2,1-3H3,(H,10,12);6*1H4. The van der Waals surface area contributed by atoms with Crippen molar-refractivity contribution in [2.75, 3.05) is 34.0 Å². The van der Waals surface area contributed by atoms with Crippen LogP contribution in [0.25, 0.3) is 0 Å². The fourth-order valence-electron chi connectivity index (χ4n) is 0.823. The number of nitrogens with one attached hydrogen (secondary N) is 1. The summed E-state index contributed by atoms with van der Waals surface area (Å²) < 4.78 is 14.1. The van der Waals surface area contributed by atoms with Crippen LogP contribution >= 0.6 is 0 Å². The molecule has 0 saturated carbocycles.